The zero-order chi connectivity index (χ0) is 13.9. The van der Waals surface area contributed by atoms with Crippen LogP contribution in [-0.4, -0.2) is 18.5 Å². The van der Waals surface area contributed by atoms with E-state index in [1.165, 1.54) is 29.8 Å². The van der Waals surface area contributed by atoms with E-state index in [4.69, 9.17) is 0 Å². The molecule has 1 amide bonds. The van der Waals surface area contributed by atoms with Gasteiger partial charge in [-0.25, -0.2) is 4.39 Å². The minimum Gasteiger partial charge on any atom is -0.383 e. The fraction of sp³-hybridized carbons (Fsp3) is 0.188. The number of carbonyl (C=O) groups is 1. The van der Waals surface area contributed by atoms with E-state index in [0.717, 1.165) is 12.1 Å². The van der Waals surface area contributed by atoms with Crippen LogP contribution in [0.25, 0.3) is 0 Å². The molecule has 4 heteroatoms. The summed E-state index contributed by atoms with van der Waals surface area (Å²) in [5.74, 6) is -0.508. The predicted octanol–water partition coefficient (Wildman–Crippen LogP) is 2.59. The summed E-state index contributed by atoms with van der Waals surface area (Å²) in [6.45, 7) is 0.698. The average molecular weight is 270 g/mol. The lowest BCUT2D eigenvalue weighted by atomic mass is 9.99. The van der Waals surface area contributed by atoms with Gasteiger partial charge in [-0.05, 0) is 42.3 Å². The lowest BCUT2D eigenvalue weighted by Crippen LogP contribution is -2.43. The third kappa shape index (κ3) is 2.64. The van der Waals surface area contributed by atoms with E-state index in [9.17, 15) is 9.18 Å². The SMILES string of the molecule is O=C(NC1CNc2ccccc2C1)c1ccc(F)cc1. The van der Waals surface area contributed by atoms with Crippen LogP contribution in [-0.2, 0) is 6.42 Å². The molecule has 0 aliphatic carbocycles. The molecule has 0 saturated carbocycles. The van der Waals surface area contributed by atoms with Gasteiger partial charge in [0.25, 0.3) is 5.91 Å². The summed E-state index contributed by atoms with van der Waals surface area (Å²) in [7, 11) is 0. The maximum atomic E-state index is 12.8. The van der Waals surface area contributed by atoms with Crippen LogP contribution in [0.5, 0.6) is 0 Å². The Labute approximate surface area is 116 Å². The maximum Gasteiger partial charge on any atom is 0.251 e. The molecule has 1 aliphatic rings. The van der Waals surface area contributed by atoms with Gasteiger partial charge in [0.05, 0.1) is 6.04 Å². The lowest BCUT2D eigenvalue weighted by Gasteiger charge is -2.26. The summed E-state index contributed by atoms with van der Waals surface area (Å²) in [5.41, 5.74) is 2.80. The summed E-state index contributed by atoms with van der Waals surface area (Å²) in [6.07, 6.45) is 0.802. The average Bonchev–Trinajstić information content (AvgIpc) is 2.48. The van der Waals surface area contributed by atoms with Crippen LogP contribution in [0, 0.1) is 5.82 Å². The first-order chi connectivity index (χ1) is 9.72. The Balaban J connectivity index is 1.67. The second-order valence-corrected chi connectivity index (χ2v) is 4.92. The van der Waals surface area contributed by atoms with Crippen LogP contribution in [0.15, 0.2) is 48.5 Å². The standard InChI is InChI=1S/C16H15FN2O/c17-13-7-5-11(6-8-13)16(20)19-14-9-12-3-1-2-4-15(12)18-10-14/h1-8,14,18H,9-10H2,(H,19,20). The molecule has 2 aromatic rings. The van der Waals surface area contributed by atoms with Crippen molar-refractivity contribution in [1.82, 2.24) is 5.32 Å². The van der Waals surface area contributed by atoms with Gasteiger partial charge in [0.2, 0.25) is 0 Å². The van der Waals surface area contributed by atoms with E-state index in [0.29, 0.717) is 12.1 Å². The molecule has 0 saturated heterocycles. The molecule has 2 N–H and O–H groups in total. The summed E-state index contributed by atoms with van der Waals surface area (Å²) in [6, 6.07) is 13.7. The Morgan fingerprint density at radius 1 is 1.15 bits per heavy atom. The smallest absolute Gasteiger partial charge is 0.251 e. The topological polar surface area (TPSA) is 41.1 Å². The van der Waals surface area contributed by atoms with E-state index in [-0.39, 0.29) is 17.8 Å². The first kappa shape index (κ1) is 12.7. The molecular weight excluding hydrogens is 255 g/mol. The van der Waals surface area contributed by atoms with Crippen molar-refractivity contribution in [3.63, 3.8) is 0 Å². The van der Waals surface area contributed by atoms with Gasteiger partial charge in [0, 0.05) is 17.8 Å². The van der Waals surface area contributed by atoms with Gasteiger partial charge in [0.15, 0.2) is 0 Å². The Kier molecular flexibility index (Phi) is 3.37. The van der Waals surface area contributed by atoms with Gasteiger partial charge in [0.1, 0.15) is 5.82 Å². The van der Waals surface area contributed by atoms with E-state index >= 15 is 0 Å². The number of anilines is 1. The van der Waals surface area contributed by atoms with Crippen molar-refractivity contribution in [2.24, 2.45) is 0 Å². The van der Waals surface area contributed by atoms with E-state index in [1.807, 2.05) is 18.2 Å². The van der Waals surface area contributed by atoms with Crippen LogP contribution >= 0.6 is 0 Å². The Morgan fingerprint density at radius 2 is 1.90 bits per heavy atom. The van der Waals surface area contributed by atoms with E-state index in [2.05, 4.69) is 16.7 Å². The summed E-state index contributed by atoms with van der Waals surface area (Å²) >= 11 is 0. The second kappa shape index (κ2) is 5.33. The summed E-state index contributed by atoms with van der Waals surface area (Å²) in [4.78, 5) is 12.1. The molecule has 1 heterocycles. The number of carbonyl (C=O) groups excluding carboxylic acids is 1. The summed E-state index contributed by atoms with van der Waals surface area (Å²) in [5, 5.41) is 6.28. The molecule has 3 nitrogen and oxygen atoms in total. The molecule has 0 bridgehead atoms. The lowest BCUT2D eigenvalue weighted by molar-refractivity contribution is 0.0938. The Bertz CT molecular complexity index is 625. The third-order valence-corrected chi connectivity index (χ3v) is 3.46. The molecule has 102 valence electrons. The van der Waals surface area contributed by atoms with Crippen molar-refractivity contribution < 1.29 is 9.18 Å². The number of fused-ring (bicyclic) bond motifs is 1. The quantitative estimate of drug-likeness (QED) is 0.880. The van der Waals surface area contributed by atoms with E-state index in [1.54, 1.807) is 0 Å². The van der Waals surface area contributed by atoms with Crippen LogP contribution in [0.1, 0.15) is 15.9 Å². The maximum absolute atomic E-state index is 12.8. The van der Waals surface area contributed by atoms with Crippen molar-refractivity contribution in [3.05, 3.63) is 65.5 Å². The van der Waals surface area contributed by atoms with Gasteiger partial charge in [-0.3, -0.25) is 4.79 Å². The Morgan fingerprint density at radius 3 is 2.70 bits per heavy atom. The number of rotatable bonds is 2. The van der Waals surface area contributed by atoms with Crippen LogP contribution in [0.3, 0.4) is 0 Å². The highest BCUT2D eigenvalue weighted by Gasteiger charge is 2.19. The molecule has 1 unspecified atom stereocenters. The highest BCUT2D eigenvalue weighted by molar-refractivity contribution is 5.94. The second-order valence-electron chi connectivity index (χ2n) is 4.92. The Hall–Kier alpha value is -2.36. The zero-order valence-corrected chi connectivity index (χ0v) is 10.9. The number of halogens is 1. The predicted molar refractivity (Wildman–Crippen MR) is 76.3 cm³/mol. The normalized spacial score (nSPS) is 16.9. The number of amides is 1. The largest absolute Gasteiger partial charge is 0.383 e. The number of para-hydroxylation sites is 1. The number of hydrogen-bond acceptors (Lipinski definition) is 2. The van der Waals surface area contributed by atoms with Crippen LogP contribution in [0.4, 0.5) is 10.1 Å². The van der Waals surface area contributed by atoms with Crippen LogP contribution in [0.2, 0.25) is 0 Å². The minimum atomic E-state index is -0.338. The molecule has 3 rings (SSSR count). The monoisotopic (exact) mass is 270 g/mol. The number of benzene rings is 2. The van der Waals surface area contributed by atoms with Gasteiger partial charge < -0.3 is 10.6 Å². The van der Waals surface area contributed by atoms with Crippen molar-refractivity contribution >= 4 is 11.6 Å². The fourth-order valence-electron chi connectivity index (χ4n) is 2.41. The molecule has 1 atom stereocenters. The number of hydrogen-bond donors (Lipinski definition) is 2. The molecular formula is C16H15FN2O. The summed E-state index contributed by atoms with van der Waals surface area (Å²) < 4.78 is 12.8. The van der Waals surface area contributed by atoms with Crippen molar-refractivity contribution in [2.45, 2.75) is 12.5 Å². The minimum absolute atomic E-state index is 0.0439. The van der Waals surface area contributed by atoms with Gasteiger partial charge in [-0.15, -0.1) is 0 Å². The van der Waals surface area contributed by atoms with Gasteiger partial charge >= 0.3 is 0 Å². The molecule has 20 heavy (non-hydrogen) atoms. The van der Waals surface area contributed by atoms with Crippen molar-refractivity contribution in [3.8, 4) is 0 Å². The van der Waals surface area contributed by atoms with Gasteiger partial charge in [-0.2, -0.15) is 0 Å². The highest BCUT2D eigenvalue weighted by atomic mass is 19.1. The van der Waals surface area contributed by atoms with Crippen molar-refractivity contribution in [2.75, 3.05) is 11.9 Å². The molecule has 2 aromatic carbocycles. The van der Waals surface area contributed by atoms with E-state index < -0.39 is 0 Å². The third-order valence-electron chi connectivity index (χ3n) is 3.46. The molecule has 0 radical (unpaired) electrons. The highest BCUT2D eigenvalue weighted by Crippen LogP contribution is 2.21. The number of nitrogens with one attached hydrogen (secondary N) is 2. The fourth-order valence-corrected chi connectivity index (χ4v) is 2.41. The zero-order valence-electron chi connectivity index (χ0n) is 10.9. The first-order valence-corrected chi connectivity index (χ1v) is 6.60. The molecule has 1 aliphatic heterocycles. The van der Waals surface area contributed by atoms with Crippen LogP contribution < -0.4 is 10.6 Å². The first-order valence-electron chi connectivity index (χ1n) is 6.60. The van der Waals surface area contributed by atoms with Gasteiger partial charge in [-0.1, -0.05) is 18.2 Å². The molecule has 0 fully saturated rings. The molecule has 0 aromatic heterocycles. The molecule has 0 spiro atoms. The van der Waals surface area contributed by atoms with Crippen molar-refractivity contribution in [1.29, 1.82) is 0 Å².